The minimum atomic E-state index is -4.62. The van der Waals surface area contributed by atoms with E-state index in [4.69, 9.17) is 49.0 Å². The zero-order valence-corrected chi connectivity index (χ0v) is 48.9. The Morgan fingerprint density at radius 1 is 0.333 bits per heavy atom. The van der Waals surface area contributed by atoms with Crippen LogP contribution in [0.4, 0.5) is 39.5 Å². The van der Waals surface area contributed by atoms with Crippen LogP contribution in [-0.2, 0) is 32.9 Å². The number of halogens is 12. The second-order valence-corrected chi connectivity index (χ2v) is 21.0. The van der Waals surface area contributed by atoms with Crippen molar-refractivity contribution >= 4 is 85.8 Å². The Morgan fingerprint density at radius 2 is 0.559 bits per heavy atom. The molecule has 474 valence electrons. The van der Waals surface area contributed by atoms with Crippen molar-refractivity contribution in [3.8, 4) is 34.3 Å². The topological polar surface area (TPSA) is 232 Å². The van der Waals surface area contributed by atoms with E-state index in [9.17, 15) is 69.2 Å². The molecule has 0 spiro atoms. The summed E-state index contributed by atoms with van der Waals surface area (Å²) in [6.45, 7) is 0. The summed E-state index contributed by atoms with van der Waals surface area (Å²) in [6, 6.07) is 46.2. The van der Waals surface area contributed by atoms with Crippen LogP contribution in [0.3, 0.4) is 0 Å². The summed E-state index contributed by atoms with van der Waals surface area (Å²) in [4.78, 5) is 39.3. The number of aliphatic carboxylic acids is 3. The van der Waals surface area contributed by atoms with E-state index in [1.807, 2.05) is 0 Å². The summed E-state index contributed by atoms with van der Waals surface area (Å²) in [5, 5.41) is 55.8. The number of ether oxygens (including phenoxy) is 3. The Kier molecular flexibility index (Phi) is 18.9. The lowest BCUT2D eigenvalue weighted by Crippen LogP contribution is -2.20. The molecule has 93 heavy (non-hydrogen) atoms. The van der Waals surface area contributed by atoms with Crippen molar-refractivity contribution in [3.63, 3.8) is 0 Å². The van der Waals surface area contributed by atoms with Gasteiger partial charge < -0.3 is 29.5 Å². The number of aromatic nitrogens is 9. The Morgan fingerprint density at radius 3 is 0.763 bits per heavy atom. The third-order valence-corrected chi connectivity index (χ3v) is 13.9. The highest BCUT2D eigenvalue weighted by molar-refractivity contribution is 6.31. The van der Waals surface area contributed by atoms with Crippen LogP contribution in [0.15, 0.2) is 200 Å². The molecular formula is C63H39Cl3F9N9O9. The number of hydrogen-bond acceptors (Lipinski definition) is 12. The van der Waals surface area contributed by atoms with Crippen molar-refractivity contribution in [1.82, 2.24) is 45.0 Å². The maximum Gasteiger partial charge on any atom is 0.416 e. The lowest BCUT2D eigenvalue weighted by atomic mass is 10.1. The molecule has 0 radical (unpaired) electrons. The van der Waals surface area contributed by atoms with Crippen molar-refractivity contribution in [2.45, 2.75) is 36.8 Å². The quantitative estimate of drug-likeness (QED) is 0.0810. The first kappa shape index (κ1) is 65.2. The Hall–Kier alpha value is -10.8. The summed E-state index contributed by atoms with van der Waals surface area (Å²) >= 11 is 18.3. The molecule has 0 saturated heterocycles. The Labute approximate surface area is 531 Å². The van der Waals surface area contributed by atoms with Crippen LogP contribution < -0.4 is 14.2 Å². The SMILES string of the molecule is O=C(O)C(Oc1ccc(Cl)cc1-n1nc2ccccc2n1)c1cccc(C(F)(F)F)c1.O=C(O)C(Oc1ccc(Cl)cc1-n1nc2ccccc2n1)c1cccc(C(F)(F)F)c1.O=C(O)C(Oc1ccc(Cl)cc1-n1nc2ccccc2n1)c1cccc(C(F)(F)F)c1. The van der Waals surface area contributed by atoms with Crippen LogP contribution in [-0.4, -0.2) is 78.2 Å². The van der Waals surface area contributed by atoms with Gasteiger partial charge in [0.2, 0.25) is 18.3 Å². The number of nitrogens with zero attached hydrogens (tertiary/aromatic N) is 9. The molecule has 30 heteroatoms. The molecule has 0 bridgehead atoms. The minimum absolute atomic E-state index is 0.0366. The first-order chi connectivity index (χ1) is 44.2. The standard InChI is InChI=1S/3C21H13ClF3N3O3/c3*22-14-8-9-18(17(11-14)28-26-15-6-1-2-7-16(15)27-28)31-19(20(29)30)12-4-3-5-13(10-12)21(23,24)25/h3*1-11,19H,(H,29,30). The van der Waals surface area contributed by atoms with Gasteiger partial charge in [0.25, 0.3) is 0 Å². The normalized spacial score (nSPS) is 12.6. The first-order valence-electron chi connectivity index (χ1n) is 26.7. The summed E-state index contributed by atoms with van der Waals surface area (Å²) < 4.78 is 135. The van der Waals surface area contributed by atoms with Crippen LogP contribution in [0.1, 0.15) is 51.7 Å². The van der Waals surface area contributed by atoms with Gasteiger partial charge >= 0.3 is 36.4 Å². The molecule has 3 heterocycles. The van der Waals surface area contributed by atoms with E-state index in [0.717, 1.165) is 54.6 Å². The largest absolute Gasteiger partial charge is 0.478 e. The molecule has 9 aromatic carbocycles. The zero-order chi connectivity index (χ0) is 66.5. The van der Waals surface area contributed by atoms with E-state index in [-0.39, 0.29) is 51.0 Å². The fraction of sp³-hybridized carbons (Fsp3) is 0.0952. The Balaban J connectivity index is 0.000000153. The second-order valence-electron chi connectivity index (χ2n) is 19.6. The lowest BCUT2D eigenvalue weighted by molar-refractivity contribution is -0.146. The molecule has 3 aromatic heterocycles. The van der Waals surface area contributed by atoms with Crippen LogP contribution in [0.25, 0.3) is 50.2 Å². The molecule has 3 atom stereocenters. The molecule has 12 rings (SSSR count). The van der Waals surface area contributed by atoms with Crippen molar-refractivity contribution in [2.75, 3.05) is 0 Å². The predicted molar refractivity (Wildman–Crippen MR) is 319 cm³/mol. The molecular weight excluding hydrogens is 1300 g/mol. The smallest absolute Gasteiger partial charge is 0.416 e. The molecule has 18 nitrogen and oxygen atoms in total. The van der Waals surface area contributed by atoms with Crippen molar-refractivity contribution in [1.29, 1.82) is 0 Å². The molecule has 0 aliphatic rings. The highest BCUT2D eigenvalue weighted by Gasteiger charge is 2.36. The van der Waals surface area contributed by atoms with E-state index in [0.29, 0.717) is 48.2 Å². The number of benzene rings is 9. The van der Waals surface area contributed by atoms with E-state index < -0.39 is 71.4 Å². The van der Waals surface area contributed by atoms with Gasteiger partial charge in [-0.05, 0) is 127 Å². The van der Waals surface area contributed by atoms with Gasteiger partial charge in [0.1, 0.15) is 67.4 Å². The van der Waals surface area contributed by atoms with Gasteiger partial charge in [-0.2, -0.15) is 39.5 Å². The number of carboxylic acid groups (broad SMARTS) is 3. The molecule has 0 fully saturated rings. The van der Waals surface area contributed by atoms with Gasteiger partial charge in [0.05, 0.1) is 16.7 Å². The lowest BCUT2D eigenvalue weighted by Gasteiger charge is -2.19. The van der Waals surface area contributed by atoms with Crippen LogP contribution in [0.5, 0.6) is 17.2 Å². The van der Waals surface area contributed by atoms with Gasteiger partial charge in [-0.3, -0.25) is 0 Å². The molecule has 0 aliphatic carbocycles. The van der Waals surface area contributed by atoms with E-state index >= 15 is 0 Å². The van der Waals surface area contributed by atoms with Crippen LogP contribution in [0.2, 0.25) is 15.1 Å². The van der Waals surface area contributed by atoms with Crippen molar-refractivity contribution in [3.05, 3.63) is 249 Å². The summed E-state index contributed by atoms with van der Waals surface area (Å²) in [5.74, 6) is -4.27. The third-order valence-electron chi connectivity index (χ3n) is 13.2. The highest BCUT2D eigenvalue weighted by Crippen LogP contribution is 2.39. The second kappa shape index (κ2) is 27.0. The molecule has 0 saturated carbocycles. The molecule has 3 N–H and O–H groups in total. The number of alkyl halides is 9. The fourth-order valence-corrected chi connectivity index (χ4v) is 9.44. The van der Waals surface area contributed by atoms with Crippen LogP contribution in [0, 0.1) is 0 Å². The molecule has 0 amide bonds. The van der Waals surface area contributed by atoms with Gasteiger partial charge in [-0.15, -0.1) is 45.0 Å². The zero-order valence-electron chi connectivity index (χ0n) is 46.6. The van der Waals surface area contributed by atoms with Gasteiger partial charge in [0, 0.05) is 31.8 Å². The third kappa shape index (κ3) is 15.5. The fourth-order valence-electron chi connectivity index (χ4n) is 8.94. The highest BCUT2D eigenvalue weighted by atomic mass is 35.5. The van der Waals surface area contributed by atoms with Gasteiger partial charge in [-0.25, -0.2) is 14.4 Å². The van der Waals surface area contributed by atoms with E-state index in [1.165, 1.54) is 87.2 Å². The Bertz CT molecular complexity index is 4190. The first-order valence-corrected chi connectivity index (χ1v) is 27.9. The maximum absolute atomic E-state index is 13.1. The average molecular weight is 1340 g/mol. The van der Waals surface area contributed by atoms with E-state index in [2.05, 4.69) is 30.6 Å². The predicted octanol–water partition coefficient (Wildman–Crippen LogP) is 15.9. The number of rotatable bonds is 15. The van der Waals surface area contributed by atoms with Crippen molar-refractivity contribution in [2.24, 2.45) is 0 Å². The number of carboxylic acids is 3. The van der Waals surface area contributed by atoms with Gasteiger partial charge in [0.15, 0.2) is 0 Å². The van der Waals surface area contributed by atoms with Crippen molar-refractivity contribution < 1.29 is 83.4 Å². The summed E-state index contributed by atoms with van der Waals surface area (Å²) in [6.07, 6.45) is -19.0. The number of carbonyl (C=O) groups is 3. The molecule has 0 aliphatic heterocycles. The van der Waals surface area contributed by atoms with E-state index in [1.54, 1.807) is 72.8 Å². The monoisotopic (exact) mass is 1340 g/mol. The minimum Gasteiger partial charge on any atom is -0.478 e. The molecule has 3 unspecified atom stereocenters. The number of fused-ring (bicyclic) bond motifs is 3. The maximum atomic E-state index is 13.1. The average Bonchev–Trinajstić information content (AvgIpc) is 1.86. The number of hydrogen-bond donors (Lipinski definition) is 3. The summed E-state index contributed by atoms with van der Waals surface area (Å²) in [5.41, 5.74) is 0.797. The van der Waals surface area contributed by atoms with Gasteiger partial charge in [-0.1, -0.05) is 108 Å². The summed E-state index contributed by atoms with van der Waals surface area (Å²) in [7, 11) is 0. The van der Waals surface area contributed by atoms with Crippen LogP contribution >= 0.6 is 34.8 Å². The molecule has 12 aromatic rings.